The second-order valence-electron chi connectivity index (χ2n) is 1.66. The van der Waals surface area contributed by atoms with Crippen LogP contribution in [0.5, 0.6) is 17.4 Å². The average molecular weight is 130 g/mol. The molecule has 0 spiro atoms. The van der Waals surface area contributed by atoms with Gasteiger partial charge in [0.15, 0.2) is 5.76 Å². The third kappa shape index (κ3) is 0.679. The average Bonchev–Trinajstić information content (AvgIpc) is 1.98. The Balaban J connectivity index is 3.29. The van der Waals surface area contributed by atoms with Gasteiger partial charge in [0.1, 0.15) is 0 Å². The summed E-state index contributed by atoms with van der Waals surface area (Å²) in [5, 5.41) is 25.9. The lowest BCUT2D eigenvalue weighted by Crippen LogP contribution is -1.60. The Morgan fingerprint density at radius 3 is 1.78 bits per heavy atom. The summed E-state index contributed by atoms with van der Waals surface area (Å²) in [5.74, 6) is -1.56. The summed E-state index contributed by atoms with van der Waals surface area (Å²) >= 11 is 0. The van der Waals surface area contributed by atoms with E-state index in [0.717, 1.165) is 0 Å². The molecule has 1 rings (SSSR count). The van der Waals surface area contributed by atoms with Crippen molar-refractivity contribution in [1.82, 2.24) is 0 Å². The zero-order chi connectivity index (χ0) is 7.02. The maximum atomic E-state index is 8.72. The molecule has 0 bridgehead atoms. The highest BCUT2D eigenvalue weighted by Crippen LogP contribution is 2.39. The van der Waals surface area contributed by atoms with Crippen LogP contribution in [0, 0.1) is 6.92 Å². The van der Waals surface area contributed by atoms with E-state index in [2.05, 4.69) is 4.42 Å². The molecule has 0 saturated heterocycles. The van der Waals surface area contributed by atoms with Crippen LogP contribution in [-0.4, -0.2) is 15.3 Å². The Kier molecular flexibility index (Phi) is 1.02. The largest absolute Gasteiger partial charge is 0.502 e. The van der Waals surface area contributed by atoms with E-state index in [0.29, 0.717) is 0 Å². The minimum atomic E-state index is -0.648. The number of hydrogen-bond acceptors (Lipinski definition) is 4. The van der Waals surface area contributed by atoms with Gasteiger partial charge in [-0.25, -0.2) is 0 Å². The molecule has 1 aromatic rings. The zero-order valence-corrected chi connectivity index (χ0v) is 4.75. The van der Waals surface area contributed by atoms with Crippen molar-refractivity contribution >= 4 is 0 Å². The van der Waals surface area contributed by atoms with Gasteiger partial charge in [-0.3, -0.25) is 0 Å². The van der Waals surface area contributed by atoms with Crippen LogP contribution >= 0.6 is 0 Å². The molecular weight excluding hydrogens is 124 g/mol. The third-order valence-electron chi connectivity index (χ3n) is 1.01. The van der Waals surface area contributed by atoms with Gasteiger partial charge in [0.25, 0.3) is 0 Å². The van der Waals surface area contributed by atoms with Crippen LogP contribution < -0.4 is 0 Å². The predicted molar refractivity (Wildman–Crippen MR) is 28.4 cm³/mol. The highest BCUT2D eigenvalue weighted by molar-refractivity contribution is 5.45. The first kappa shape index (κ1) is 5.81. The van der Waals surface area contributed by atoms with E-state index in [1.54, 1.807) is 0 Å². The van der Waals surface area contributed by atoms with Crippen molar-refractivity contribution in [2.75, 3.05) is 0 Å². The molecule has 0 amide bonds. The molecule has 0 aliphatic rings. The number of furan rings is 1. The summed E-state index contributed by atoms with van der Waals surface area (Å²) in [6.07, 6.45) is 0. The van der Waals surface area contributed by atoms with Crippen LogP contribution in [0.15, 0.2) is 4.42 Å². The number of aryl methyl sites for hydroxylation is 1. The minimum absolute atomic E-state index is 0.102. The number of hydrogen-bond donors (Lipinski definition) is 3. The summed E-state index contributed by atoms with van der Waals surface area (Å²) in [6.45, 7) is 1.43. The molecule has 4 nitrogen and oxygen atoms in total. The Hall–Kier alpha value is -1.32. The maximum absolute atomic E-state index is 8.72. The van der Waals surface area contributed by atoms with Gasteiger partial charge >= 0.3 is 5.95 Å². The van der Waals surface area contributed by atoms with Gasteiger partial charge in [-0.1, -0.05) is 0 Å². The predicted octanol–water partition coefficient (Wildman–Crippen LogP) is 0.705. The van der Waals surface area contributed by atoms with Gasteiger partial charge in [-0.2, -0.15) is 0 Å². The lowest BCUT2D eigenvalue weighted by Gasteiger charge is -1.82. The first-order chi connectivity index (χ1) is 4.13. The highest BCUT2D eigenvalue weighted by atomic mass is 16.5. The second kappa shape index (κ2) is 1.58. The van der Waals surface area contributed by atoms with Crippen LogP contribution in [0.25, 0.3) is 0 Å². The van der Waals surface area contributed by atoms with Gasteiger partial charge in [-0.05, 0) is 6.92 Å². The molecular formula is C5H6O4. The van der Waals surface area contributed by atoms with Crippen molar-refractivity contribution in [3.05, 3.63) is 5.76 Å². The Bertz CT molecular complexity index is 203. The van der Waals surface area contributed by atoms with Crippen molar-refractivity contribution < 1.29 is 19.7 Å². The molecule has 50 valence electrons. The van der Waals surface area contributed by atoms with Crippen molar-refractivity contribution in [2.45, 2.75) is 6.92 Å². The molecule has 0 radical (unpaired) electrons. The topological polar surface area (TPSA) is 73.8 Å². The minimum Gasteiger partial charge on any atom is -0.502 e. The quantitative estimate of drug-likeness (QED) is 0.483. The fourth-order valence-corrected chi connectivity index (χ4v) is 0.510. The third-order valence-corrected chi connectivity index (χ3v) is 1.01. The van der Waals surface area contributed by atoms with E-state index in [1.807, 2.05) is 0 Å². The van der Waals surface area contributed by atoms with E-state index in [1.165, 1.54) is 6.92 Å². The van der Waals surface area contributed by atoms with E-state index in [-0.39, 0.29) is 5.76 Å². The van der Waals surface area contributed by atoms with Crippen LogP contribution in [-0.2, 0) is 0 Å². The summed E-state index contributed by atoms with van der Waals surface area (Å²) in [5.41, 5.74) is 0. The Morgan fingerprint density at radius 2 is 1.67 bits per heavy atom. The van der Waals surface area contributed by atoms with E-state index < -0.39 is 17.4 Å². The normalized spacial score (nSPS) is 9.89. The highest BCUT2D eigenvalue weighted by Gasteiger charge is 2.13. The standard InChI is InChI=1S/C5H6O4/c1-2-3(6)4(7)5(8)9-2/h6-8H,1H3. The summed E-state index contributed by atoms with van der Waals surface area (Å²) in [6, 6.07) is 0. The molecule has 1 heterocycles. The fourth-order valence-electron chi connectivity index (χ4n) is 0.510. The van der Waals surface area contributed by atoms with Crippen LogP contribution in [0.4, 0.5) is 0 Å². The molecule has 9 heavy (non-hydrogen) atoms. The number of aromatic hydroxyl groups is 3. The first-order valence-electron chi connectivity index (χ1n) is 2.33. The van der Waals surface area contributed by atoms with Crippen molar-refractivity contribution in [3.63, 3.8) is 0 Å². The molecule has 0 aromatic carbocycles. The summed E-state index contributed by atoms with van der Waals surface area (Å²) in [4.78, 5) is 0. The van der Waals surface area contributed by atoms with Crippen LogP contribution in [0.1, 0.15) is 5.76 Å². The Morgan fingerprint density at radius 1 is 1.11 bits per heavy atom. The Labute approximate surface area is 51.0 Å². The smallest absolute Gasteiger partial charge is 0.330 e. The van der Waals surface area contributed by atoms with E-state index in [9.17, 15) is 0 Å². The molecule has 0 atom stereocenters. The van der Waals surface area contributed by atoms with Gasteiger partial charge in [0, 0.05) is 0 Å². The fraction of sp³-hybridized carbons (Fsp3) is 0.200. The van der Waals surface area contributed by atoms with Crippen LogP contribution in [0.2, 0.25) is 0 Å². The lowest BCUT2D eigenvalue weighted by atomic mass is 10.4. The van der Waals surface area contributed by atoms with Crippen LogP contribution in [0.3, 0.4) is 0 Å². The van der Waals surface area contributed by atoms with Gasteiger partial charge in [0.2, 0.25) is 11.5 Å². The zero-order valence-electron chi connectivity index (χ0n) is 4.75. The lowest BCUT2D eigenvalue weighted by molar-refractivity contribution is 0.300. The monoisotopic (exact) mass is 130 g/mol. The van der Waals surface area contributed by atoms with Gasteiger partial charge in [0.05, 0.1) is 0 Å². The van der Waals surface area contributed by atoms with E-state index >= 15 is 0 Å². The molecule has 0 aliphatic heterocycles. The van der Waals surface area contributed by atoms with Crippen molar-refractivity contribution in [3.8, 4) is 17.4 Å². The number of rotatable bonds is 0. The van der Waals surface area contributed by atoms with E-state index in [4.69, 9.17) is 15.3 Å². The van der Waals surface area contributed by atoms with Gasteiger partial charge in [-0.15, -0.1) is 0 Å². The first-order valence-corrected chi connectivity index (χ1v) is 2.33. The molecule has 0 unspecified atom stereocenters. The molecule has 0 saturated carbocycles. The SMILES string of the molecule is Cc1oc(O)c(O)c1O. The maximum Gasteiger partial charge on any atom is 0.330 e. The molecule has 0 aliphatic carbocycles. The summed E-state index contributed by atoms with van der Waals surface area (Å²) < 4.78 is 4.40. The van der Waals surface area contributed by atoms with Gasteiger partial charge < -0.3 is 19.7 Å². The van der Waals surface area contributed by atoms with Crippen molar-refractivity contribution in [1.29, 1.82) is 0 Å². The molecule has 3 N–H and O–H groups in total. The summed E-state index contributed by atoms with van der Waals surface area (Å²) in [7, 11) is 0. The molecule has 1 aromatic heterocycles. The second-order valence-corrected chi connectivity index (χ2v) is 1.66. The molecule has 4 heteroatoms. The van der Waals surface area contributed by atoms with Crippen molar-refractivity contribution in [2.24, 2.45) is 0 Å². The molecule has 0 fully saturated rings.